The topological polar surface area (TPSA) is 20.2 Å². The van der Waals surface area contributed by atoms with Gasteiger partial charge in [0.2, 0.25) is 0 Å². The van der Waals surface area contributed by atoms with E-state index in [0.29, 0.717) is 0 Å². The Morgan fingerprint density at radius 1 is 1.00 bits per heavy atom. The Hall–Kier alpha value is -0.560. The first-order valence-corrected chi connectivity index (χ1v) is 7.89. The maximum absolute atomic E-state index is 10.3. The largest absolute Gasteiger partial charge is 0.390 e. The molecule has 1 heteroatoms. The van der Waals surface area contributed by atoms with Gasteiger partial charge in [0.1, 0.15) is 0 Å². The molecule has 0 aliphatic carbocycles. The van der Waals surface area contributed by atoms with Crippen LogP contribution in [-0.4, -0.2) is 10.7 Å². The molecule has 1 N–H and O–H groups in total. The lowest BCUT2D eigenvalue weighted by Gasteiger charge is -2.23. The number of rotatable bonds is 10. The van der Waals surface area contributed by atoms with E-state index >= 15 is 0 Å². The molecule has 0 aromatic rings. The van der Waals surface area contributed by atoms with Crippen molar-refractivity contribution >= 4 is 0 Å². The van der Waals surface area contributed by atoms with Gasteiger partial charge in [-0.1, -0.05) is 49.5 Å². The van der Waals surface area contributed by atoms with Crippen molar-refractivity contribution in [3.63, 3.8) is 0 Å². The first kappa shape index (κ1) is 18.4. The summed E-state index contributed by atoms with van der Waals surface area (Å²) < 4.78 is 0. The third-order valence-electron chi connectivity index (χ3n) is 3.60. The Balaban J connectivity index is 3.84. The molecule has 1 atom stereocenters. The molecule has 19 heavy (non-hydrogen) atoms. The summed E-state index contributed by atoms with van der Waals surface area (Å²) in [4.78, 5) is 0. The monoisotopic (exact) mass is 266 g/mol. The van der Waals surface area contributed by atoms with Crippen molar-refractivity contribution in [2.75, 3.05) is 0 Å². The second-order valence-corrected chi connectivity index (χ2v) is 6.38. The molecule has 0 aliphatic rings. The van der Waals surface area contributed by atoms with Crippen LogP contribution in [0, 0.1) is 0 Å². The molecular formula is C18H34O. The Morgan fingerprint density at radius 2 is 1.63 bits per heavy atom. The van der Waals surface area contributed by atoms with Gasteiger partial charge in [-0.2, -0.15) is 0 Å². The number of hydrogen-bond acceptors (Lipinski definition) is 1. The van der Waals surface area contributed by atoms with Crippen LogP contribution in [0.1, 0.15) is 86.0 Å². The summed E-state index contributed by atoms with van der Waals surface area (Å²) in [6.07, 6.45) is 13.3. The molecule has 0 fully saturated rings. The molecule has 0 saturated carbocycles. The fraction of sp³-hybridized carbons (Fsp3) is 0.778. The molecule has 0 saturated heterocycles. The first-order valence-electron chi connectivity index (χ1n) is 7.89. The van der Waals surface area contributed by atoms with Crippen LogP contribution >= 0.6 is 0 Å². The molecule has 112 valence electrons. The molecule has 0 heterocycles. The third-order valence-corrected chi connectivity index (χ3v) is 3.60. The minimum Gasteiger partial charge on any atom is -0.390 e. The van der Waals surface area contributed by atoms with Gasteiger partial charge in [-0.25, -0.2) is 0 Å². The average molecular weight is 266 g/mol. The van der Waals surface area contributed by atoms with E-state index in [1.165, 1.54) is 24.0 Å². The van der Waals surface area contributed by atoms with Crippen LogP contribution in [0.4, 0.5) is 0 Å². The van der Waals surface area contributed by atoms with E-state index in [1.807, 2.05) is 6.92 Å². The molecule has 0 aromatic carbocycles. The molecule has 0 amide bonds. The van der Waals surface area contributed by atoms with Crippen molar-refractivity contribution < 1.29 is 5.11 Å². The van der Waals surface area contributed by atoms with E-state index in [4.69, 9.17) is 0 Å². The summed E-state index contributed by atoms with van der Waals surface area (Å²) in [5, 5.41) is 10.3. The normalized spacial score (nSPS) is 15.2. The zero-order valence-electron chi connectivity index (χ0n) is 13.8. The summed E-state index contributed by atoms with van der Waals surface area (Å²) in [5.74, 6) is 0. The fourth-order valence-corrected chi connectivity index (χ4v) is 2.23. The molecule has 0 aliphatic heterocycles. The SMILES string of the molecule is CCCCCC(C)(O)CCC/C(C)=C/CC=C(C)C. The third kappa shape index (κ3) is 12.2. The molecule has 1 unspecified atom stereocenters. The van der Waals surface area contributed by atoms with E-state index < -0.39 is 5.60 Å². The molecule has 0 spiro atoms. The number of allylic oxidation sites excluding steroid dienone is 4. The molecule has 0 aromatic heterocycles. The highest BCUT2D eigenvalue weighted by molar-refractivity contribution is 5.05. The highest BCUT2D eigenvalue weighted by atomic mass is 16.3. The summed E-state index contributed by atoms with van der Waals surface area (Å²) in [6, 6.07) is 0. The van der Waals surface area contributed by atoms with E-state index in [0.717, 1.165) is 38.5 Å². The molecule has 0 radical (unpaired) electrons. The standard InChI is InChI=1S/C18H34O/c1-6-7-8-14-18(5,19)15-10-13-17(4)12-9-11-16(2)3/h11-12,19H,6-10,13-15H2,1-5H3/b17-12+. The fourth-order valence-electron chi connectivity index (χ4n) is 2.23. The predicted molar refractivity (Wildman–Crippen MR) is 86.4 cm³/mol. The maximum Gasteiger partial charge on any atom is 0.0619 e. The quantitative estimate of drug-likeness (QED) is 0.392. The van der Waals surface area contributed by atoms with Crippen LogP contribution in [0.2, 0.25) is 0 Å². The highest BCUT2D eigenvalue weighted by Gasteiger charge is 2.18. The average Bonchev–Trinajstić information content (AvgIpc) is 2.28. The second-order valence-electron chi connectivity index (χ2n) is 6.38. The highest BCUT2D eigenvalue weighted by Crippen LogP contribution is 2.22. The zero-order chi connectivity index (χ0) is 14.7. The van der Waals surface area contributed by atoms with Gasteiger partial charge in [-0.3, -0.25) is 0 Å². The van der Waals surface area contributed by atoms with Crippen LogP contribution in [0.3, 0.4) is 0 Å². The van der Waals surface area contributed by atoms with Gasteiger partial charge in [-0.05, 0) is 59.8 Å². The van der Waals surface area contributed by atoms with Crippen LogP contribution in [0.25, 0.3) is 0 Å². The van der Waals surface area contributed by atoms with Gasteiger partial charge in [0.05, 0.1) is 5.60 Å². The number of aliphatic hydroxyl groups is 1. The summed E-state index contributed by atoms with van der Waals surface area (Å²) in [5.41, 5.74) is 2.36. The molecule has 1 nitrogen and oxygen atoms in total. The van der Waals surface area contributed by atoms with E-state index in [1.54, 1.807) is 0 Å². The molecule has 0 rings (SSSR count). The minimum absolute atomic E-state index is 0.463. The summed E-state index contributed by atoms with van der Waals surface area (Å²) in [7, 11) is 0. The minimum atomic E-state index is -0.463. The second kappa shape index (κ2) is 10.3. The van der Waals surface area contributed by atoms with Gasteiger partial charge >= 0.3 is 0 Å². The Labute approximate surface area is 120 Å². The van der Waals surface area contributed by atoms with Crippen LogP contribution in [0.5, 0.6) is 0 Å². The lowest BCUT2D eigenvalue weighted by Crippen LogP contribution is -2.23. The van der Waals surface area contributed by atoms with Crippen LogP contribution in [-0.2, 0) is 0 Å². The lowest BCUT2D eigenvalue weighted by molar-refractivity contribution is 0.0375. The van der Waals surface area contributed by atoms with Gasteiger partial charge in [0.15, 0.2) is 0 Å². The summed E-state index contributed by atoms with van der Waals surface area (Å²) >= 11 is 0. The van der Waals surface area contributed by atoms with Crippen molar-refractivity contribution in [2.24, 2.45) is 0 Å². The van der Waals surface area contributed by atoms with Crippen molar-refractivity contribution in [2.45, 2.75) is 91.6 Å². The van der Waals surface area contributed by atoms with Gasteiger partial charge in [-0.15, -0.1) is 0 Å². The zero-order valence-corrected chi connectivity index (χ0v) is 13.8. The lowest BCUT2D eigenvalue weighted by atomic mass is 9.91. The molecule has 0 bridgehead atoms. The van der Waals surface area contributed by atoms with E-state index in [2.05, 4.69) is 39.8 Å². The first-order chi connectivity index (χ1) is 8.87. The summed E-state index contributed by atoms with van der Waals surface area (Å²) in [6.45, 7) is 10.7. The Bertz CT molecular complexity index is 280. The number of hydrogen-bond donors (Lipinski definition) is 1. The van der Waals surface area contributed by atoms with E-state index in [9.17, 15) is 5.11 Å². The van der Waals surface area contributed by atoms with Gasteiger partial charge in [0.25, 0.3) is 0 Å². The van der Waals surface area contributed by atoms with E-state index in [-0.39, 0.29) is 0 Å². The Kier molecular flexibility index (Phi) is 9.95. The molecular weight excluding hydrogens is 232 g/mol. The van der Waals surface area contributed by atoms with Crippen molar-refractivity contribution in [3.05, 3.63) is 23.3 Å². The maximum atomic E-state index is 10.3. The van der Waals surface area contributed by atoms with Crippen molar-refractivity contribution in [3.8, 4) is 0 Å². The predicted octanol–water partition coefficient (Wildman–Crippen LogP) is 5.79. The smallest absolute Gasteiger partial charge is 0.0619 e. The van der Waals surface area contributed by atoms with Crippen LogP contribution < -0.4 is 0 Å². The van der Waals surface area contributed by atoms with Crippen LogP contribution in [0.15, 0.2) is 23.3 Å². The van der Waals surface area contributed by atoms with Crippen molar-refractivity contribution in [1.29, 1.82) is 0 Å². The number of unbranched alkanes of at least 4 members (excludes halogenated alkanes) is 2. The van der Waals surface area contributed by atoms with Crippen molar-refractivity contribution in [1.82, 2.24) is 0 Å². The Morgan fingerprint density at radius 3 is 2.21 bits per heavy atom. The van der Waals surface area contributed by atoms with Gasteiger partial charge < -0.3 is 5.11 Å². The van der Waals surface area contributed by atoms with Gasteiger partial charge in [0, 0.05) is 0 Å².